The van der Waals surface area contributed by atoms with E-state index in [0.717, 1.165) is 12.8 Å². The summed E-state index contributed by atoms with van der Waals surface area (Å²) in [6.07, 6.45) is 1.86. The zero-order valence-corrected chi connectivity index (χ0v) is 16.0. The highest BCUT2D eigenvalue weighted by molar-refractivity contribution is 5.96. The molecule has 0 unspecified atom stereocenters. The third kappa shape index (κ3) is 6.03. The first kappa shape index (κ1) is 20.3. The molecule has 4 N–H and O–H groups in total. The average Bonchev–Trinajstić information content (AvgIpc) is 3.54. The van der Waals surface area contributed by atoms with E-state index < -0.39 is 11.8 Å². The van der Waals surface area contributed by atoms with Gasteiger partial charge >= 0.3 is 6.03 Å². The predicted octanol–water partition coefficient (Wildman–Crippen LogP) is 3.03. The van der Waals surface area contributed by atoms with Gasteiger partial charge in [0.15, 0.2) is 0 Å². The Morgan fingerprint density at radius 1 is 0.931 bits per heavy atom. The lowest BCUT2D eigenvalue weighted by Gasteiger charge is -2.10. The Morgan fingerprint density at radius 3 is 2.24 bits per heavy atom. The molecule has 2 aromatic carbocycles. The highest BCUT2D eigenvalue weighted by Crippen LogP contribution is 2.30. The second-order valence-electron chi connectivity index (χ2n) is 6.94. The number of carbonyl (C=O) groups excluding carboxylic acids is 3. The third-order valence-electron chi connectivity index (χ3n) is 4.49. The average molecular weight is 398 g/mol. The van der Waals surface area contributed by atoms with Gasteiger partial charge in [-0.05, 0) is 61.7 Å². The molecule has 0 saturated heterocycles. The molecule has 2 aromatic rings. The van der Waals surface area contributed by atoms with Crippen molar-refractivity contribution in [1.29, 1.82) is 0 Å². The van der Waals surface area contributed by atoms with Crippen molar-refractivity contribution in [3.8, 4) is 0 Å². The summed E-state index contributed by atoms with van der Waals surface area (Å²) in [5.41, 5.74) is 1.96. The van der Waals surface area contributed by atoms with Gasteiger partial charge in [-0.15, -0.1) is 0 Å². The molecule has 0 aromatic heterocycles. The number of nitrogens with one attached hydrogen (secondary N) is 4. The largest absolute Gasteiger partial charge is 0.350 e. The quantitative estimate of drug-likeness (QED) is 0.540. The minimum atomic E-state index is -0.488. The van der Waals surface area contributed by atoms with Crippen LogP contribution in [0.1, 0.15) is 28.8 Å². The van der Waals surface area contributed by atoms with Crippen molar-refractivity contribution in [2.45, 2.75) is 19.8 Å². The summed E-state index contributed by atoms with van der Waals surface area (Å²) in [4.78, 5) is 35.7. The van der Waals surface area contributed by atoms with Crippen LogP contribution in [0.4, 0.5) is 20.6 Å². The van der Waals surface area contributed by atoms with Crippen LogP contribution in [0.15, 0.2) is 42.5 Å². The number of halogens is 1. The standard InChI is InChI=1S/C21H23FN4O3/c1-13-2-7-17(12-18(13)22)26-21(29)24-11-10-23-19(27)14-5-8-16(9-6-14)25-20(28)15-3-4-15/h2,5-9,12,15H,3-4,10-11H2,1H3,(H,23,27)(H,25,28)(H2,24,26,29). The van der Waals surface area contributed by atoms with Crippen molar-refractivity contribution in [1.82, 2.24) is 10.6 Å². The van der Waals surface area contributed by atoms with E-state index in [0.29, 0.717) is 22.5 Å². The first-order valence-corrected chi connectivity index (χ1v) is 9.42. The monoisotopic (exact) mass is 398 g/mol. The lowest BCUT2D eigenvalue weighted by molar-refractivity contribution is -0.117. The molecule has 4 amide bonds. The summed E-state index contributed by atoms with van der Waals surface area (Å²) < 4.78 is 13.5. The van der Waals surface area contributed by atoms with E-state index in [1.54, 1.807) is 43.3 Å². The third-order valence-corrected chi connectivity index (χ3v) is 4.49. The maximum absolute atomic E-state index is 13.5. The fraction of sp³-hybridized carbons (Fsp3) is 0.286. The van der Waals surface area contributed by atoms with Gasteiger partial charge in [-0.25, -0.2) is 9.18 Å². The highest BCUT2D eigenvalue weighted by atomic mass is 19.1. The van der Waals surface area contributed by atoms with E-state index in [2.05, 4.69) is 21.3 Å². The molecule has 0 radical (unpaired) electrons. The van der Waals surface area contributed by atoms with Gasteiger partial charge in [0.1, 0.15) is 5.82 Å². The molecular weight excluding hydrogens is 375 g/mol. The maximum Gasteiger partial charge on any atom is 0.319 e. The van der Waals surface area contributed by atoms with Crippen LogP contribution in [0.5, 0.6) is 0 Å². The normalized spacial score (nSPS) is 12.8. The number of hydrogen-bond acceptors (Lipinski definition) is 3. The first-order valence-electron chi connectivity index (χ1n) is 9.42. The molecule has 152 valence electrons. The molecule has 7 nitrogen and oxygen atoms in total. The molecule has 0 spiro atoms. The molecule has 3 rings (SSSR count). The maximum atomic E-state index is 13.5. The topological polar surface area (TPSA) is 99.3 Å². The number of rotatable bonds is 7. The fourth-order valence-electron chi connectivity index (χ4n) is 2.59. The Labute approximate surface area is 168 Å². The molecule has 1 fully saturated rings. The minimum Gasteiger partial charge on any atom is -0.350 e. The molecule has 1 aliphatic carbocycles. The van der Waals surface area contributed by atoms with Gasteiger partial charge in [-0.3, -0.25) is 9.59 Å². The summed E-state index contributed by atoms with van der Waals surface area (Å²) in [6, 6.07) is 10.6. The van der Waals surface area contributed by atoms with E-state index in [9.17, 15) is 18.8 Å². The van der Waals surface area contributed by atoms with E-state index in [4.69, 9.17) is 0 Å². The lowest BCUT2D eigenvalue weighted by Crippen LogP contribution is -2.36. The number of carbonyl (C=O) groups is 3. The van der Waals surface area contributed by atoms with Gasteiger partial charge in [0.25, 0.3) is 5.91 Å². The van der Waals surface area contributed by atoms with Crippen LogP contribution in [-0.2, 0) is 4.79 Å². The Kier molecular flexibility index (Phi) is 6.43. The Bertz CT molecular complexity index is 911. The van der Waals surface area contributed by atoms with Crippen molar-refractivity contribution < 1.29 is 18.8 Å². The lowest BCUT2D eigenvalue weighted by atomic mass is 10.2. The molecule has 0 aliphatic heterocycles. The van der Waals surface area contributed by atoms with E-state index in [-0.39, 0.29) is 30.8 Å². The van der Waals surface area contributed by atoms with E-state index in [1.807, 2.05) is 0 Å². The van der Waals surface area contributed by atoms with Crippen molar-refractivity contribution >= 4 is 29.2 Å². The van der Waals surface area contributed by atoms with Crippen molar-refractivity contribution in [3.63, 3.8) is 0 Å². The number of hydrogen-bond donors (Lipinski definition) is 4. The van der Waals surface area contributed by atoms with Crippen LogP contribution in [0.25, 0.3) is 0 Å². The van der Waals surface area contributed by atoms with Crippen LogP contribution in [0.2, 0.25) is 0 Å². The summed E-state index contributed by atoms with van der Waals surface area (Å²) in [7, 11) is 0. The van der Waals surface area contributed by atoms with Crippen LogP contribution in [0, 0.1) is 18.7 Å². The van der Waals surface area contributed by atoms with Gasteiger partial charge in [0, 0.05) is 35.9 Å². The summed E-state index contributed by atoms with van der Waals surface area (Å²) in [5.74, 6) is -0.547. The minimum absolute atomic E-state index is 0.0138. The van der Waals surface area contributed by atoms with E-state index in [1.165, 1.54) is 6.07 Å². The summed E-state index contributed by atoms with van der Waals surface area (Å²) in [6.45, 7) is 2.08. The van der Waals surface area contributed by atoms with E-state index >= 15 is 0 Å². The highest BCUT2D eigenvalue weighted by Gasteiger charge is 2.29. The summed E-state index contributed by atoms with van der Waals surface area (Å²) >= 11 is 0. The van der Waals surface area contributed by atoms with Crippen molar-refractivity contribution in [2.24, 2.45) is 5.92 Å². The predicted molar refractivity (Wildman–Crippen MR) is 108 cm³/mol. The van der Waals surface area contributed by atoms with Crippen LogP contribution in [0.3, 0.4) is 0 Å². The first-order chi connectivity index (χ1) is 13.9. The van der Waals surface area contributed by atoms with Gasteiger partial charge in [0.05, 0.1) is 0 Å². The molecule has 1 aliphatic rings. The Morgan fingerprint density at radius 2 is 1.59 bits per heavy atom. The zero-order chi connectivity index (χ0) is 20.8. The number of amides is 4. The molecule has 0 heterocycles. The van der Waals surface area contributed by atoms with Gasteiger partial charge < -0.3 is 21.3 Å². The molecule has 8 heteroatoms. The molecule has 1 saturated carbocycles. The van der Waals surface area contributed by atoms with Gasteiger partial charge in [-0.1, -0.05) is 6.07 Å². The van der Waals surface area contributed by atoms with Gasteiger partial charge in [0.2, 0.25) is 5.91 Å². The summed E-state index contributed by atoms with van der Waals surface area (Å²) in [5, 5.41) is 10.6. The van der Waals surface area contributed by atoms with Crippen molar-refractivity contribution in [3.05, 3.63) is 59.4 Å². The second kappa shape index (κ2) is 9.18. The fourth-order valence-corrected chi connectivity index (χ4v) is 2.59. The second-order valence-corrected chi connectivity index (χ2v) is 6.94. The number of aryl methyl sites for hydroxylation is 1. The van der Waals surface area contributed by atoms with Crippen LogP contribution in [-0.4, -0.2) is 30.9 Å². The SMILES string of the molecule is Cc1ccc(NC(=O)NCCNC(=O)c2ccc(NC(=O)C3CC3)cc2)cc1F. The Balaban J connectivity index is 1.37. The molecule has 29 heavy (non-hydrogen) atoms. The smallest absolute Gasteiger partial charge is 0.319 e. The molecular formula is C21H23FN4O3. The molecule has 0 bridgehead atoms. The van der Waals surface area contributed by atoms with Crippen molar-refractivity contribution in [2.75, 3.05) is 23.7 Å². The van der Waals surface area contributed by atoms with Crippen LogP contribution < -0.4 is 21.3 Å². The molecule has 0 atom stereocenters. The Hall–Kier alpha value is -3.42. The zero-order valence-electron chi connectivity index (χ0n) is 16.0. The van der Waals surface area contributed by atoms with Crippen LogP contribution >= 0.6 is 0 Å². The number of benzene rings is 2. The number of urea groups is 1. The number of anilines is 2. The van der Waals surface area contributed by atoms with Gasteiger partial charge in [-0.2, -0.15) is 0 Å².